The van der Waals surface area contributed by atoms with Gasteiger partial charge in [-0.2, -0.15) is 0 Å². The molecule has 1 aliphatic heterocycles. The van der Waals surface area contributed by atoms with E-state index in [1.165, 1.54) is 6.42 Å². The minimum atomic E-state index is -3.33. The van der Waals surface area contributed by atoms with E-state index in [2.05, 4.69) is 26.0 Å². The Bertz CT molecular complexity index is 964. The molecule has 0 aromatic heterocycles. The Morgan fingerprint density at radius 2 is 1.62 bits per heavy atom. The van der Waals surface area contributed by atoms with Crippen LogP contribution in [0.2, 0.25) is 0 Å². The van der Waals surface area contributed by atoms with Crippen LogP contribution in [0.5, 0.6) is 0 Å². The van der Waals surface area contributed by atoms with E-state index in [0.29, 0.717) is 17.4 Å². The van der Waals surface area contributed by atoms with Gasteiger partial charge < -0.3 is 4.74 Å². The van der Waals surface area contributed by atoms with Gasteiger partial charge in [-0.3, -0.25) is 0 Å². The molecule has 0 saturated carbocycles. The molecule has 3 rings (SSSR count). The maximum Gasteiger partial charge on any atom is 0.181 e. The van der Waals surface area contributed by atoms with E-state index >= 15 is 0 Å². The highest BCUT2D eigenvalue weighted by Gasteiger charge is 2.45. The van der Waals surface area contributed by atoms with Gasteiger partial charge in [0.15, 0.2) is 9.84 Å². The average molecular weight is 491 g/mol. The predicted octanol–water partition coefficient (Wildman–Crippen LogP) is 6.60. The summed E-state index contributed by atoms with van der Waals surface area (Å²) < 4.78 is 32.0. The van der Waals surface area contributed by atoms with Gasteiger partial charge in [-0.15, -0.1) is 23.5 Å². The molecule has 0 bridgehead atoms. The SMILES string of the molecule is C/C(=C\CS(=O)(=O)c1ccccc1)CC(OCc1ccccc1)C1(C(C)C)SCCCS1. The van der Waals surface area contributed by atoms with E-state index in [9.17, 15) is 8.42 Å². The summed E-state index contributed by atoms with van der Waals surface area (Å²) in [7, 11) is -3.33. The third kappa shape index (κ3) is 6.66. The van der Waals surface area contributed by atoms with Crippen LogP contribution in [0.15, 0.2) is 77.2 Å². The van der Waals surface area contributed by atoms with Crippen LogP contribution in [0, 0.1) is 5.92 Å². The fraction of sp³-hybridized carbons (Fsp3) is 0.462. The minimum absolute atomic E-state index is 0.00804. The first kappa shape index (κ1) is 25.4. The van der Waals surface area contributed by atoms with Crippen LogP contribution in [0.25, 0.3) is 0 Å². The second-order valence-corrected chi connectivity index (χ2v) is 13.6. The Morgan fingerprint density at radius 3 is 2.22 bits per heavy atom. The first-order valence-corrected chi connectivity index (χ1v) is 14.8. The summed E-state index contributed by atoms with van der Waals surface area (Å²) in [5.74, 6) is 2.74. The van der Waals surface area contributed by atoms with E-state index in [-0.39, 0.29) is 15.9 Å². The Kier molecular flexibility index (Phi) is 9.35. The first-order chi connectivity index (χ1) is 15.3. The van der Waals surface area contributed by atoms with Crippen LogP contribution >= 0.6 is 23.5 Å². The molecule has 0 amide bonds. The van der Waals surface area contributed by atoms with Gasteiger partial charge in [-0.25, -0.2) is 8.42 Å². The van der Waals surface area contributed by atoms with Crippen molar-refractivity contribution in [3.63, 3.8) is 0 Å². The van der Waals surface area contributed by atoms with Crippen LogP contribution in [-0.4, -0.2) is 35.9 Å². The molecule has 3 nitrogen and oxygen atoms in total. The van der Waals surface area contributed by atoms with Gasteiger partial charge in [0.05, 0.1) is 27.4 Å². The summed E-state index contributed by atoms with van der Waals surface area (Å²) in [6.45, 7) is 7.16. The highest BCUT2D eigenvalue weighted by Crippen LogP contribution is 2.52. The van der Waals surface area contributed by atoms with Crippen molar-refractivity contribution in [3.05, 3.63) is 77.9 Å². The molecule has 0 N–H and O–H groups in total. The molecule has 1 aliphatic rings. The zero-order chi connectivity index (χ0) is 23.0. The Hall–Kier alpha value is -1.21. The van der Waals surface area contributed by atoms with Gasteiger partial charge in [-0.1, -0.05) is 74.0 Å². The zero-order valence-electron chi connectivity index (χ0n) is 19.2. The molecule has 1 saturated heterocycles. The number of benzene rings is 2. The van der Waals surface area contributed by atoms with Crippen LogP contribution in [0.4, 0.5) is 0 Å². The first-order valence-electron chi connectivity index (χ1n) is 11.2. The molecule has 1 unspecified atom stereocenters. The standard InChI is InChI=1S/C26H34O3S3/c1-21(2)26(30-16-10-17-31-26)25(29-20-23-11-6-4-7-12-23)19-22(3)15-18-32(27,28)24-13-8-5-9-14-24/h4-9,11-15,21,25H,10,16-20H2,1-3H3/b22-15+. The third-order valence-electron chi connectivity index (χ3n) is 5.75. The van der Waals surface area contributed by atoms with Gasteiger partial charge in [0.25, 0.3) is 0 Å². The summed E-state index contributed by atoms with van der Waals surface area (Å²) in [5, 5.41) is 0. The van der Waals surface area contributed by atoms with Gasteiger partial charge in [0.1, 0.15) is 0 Å². The average Bonchev–Trinajstić information content (AvgIpc) is 2.82. The van der Waals surface area contributed by atoms with Crippen molar-refractivity contribution in [2.45, 2.75) is 55.3 Å². The number of ether oxygens (including phenoxy) is 1. The molecule has 0 spiro atoms. The molecule has 1 heterocycles. The highest BCUT2D eigenvalue weighted by molar-refractivity contribution is 8.18. The summed E-state index contributed by atoms with van der Waals surface area (Å²) in [5.41, 5.74) is 2.23. The van der Waals surface area contributed by atoms with Gasteiger partial charge in [-0.05, 0) is 54.9 Å². The Morgan fingerprint density at radius 1 is 1.03 bits per heavy atom. The van der Waals surface area contributed by atoms with Crippen LogP contribution in [-0.2, 0) is 21.2 Å². The van der Waals surface area contributed by atoms with Crippen LogP contribution < -0.4 is 0 Å². The lowest BCUT2D eigenvalue weighted by Crippen LogP contribution is -2.45. The molecule has 2 aromatic rings. The molecular weight excluding hydrogens is 456 g/mol. The lowest BCUT2D eigenvalue weighted by molar-refractivity contribution is 0.0243. The van der Waals surface area contributed by atoms with Crippen molar-refractivity contribution < 1.29 is 13.2 Å². The predicted molar refractivity (Wildman–Crippen MR) is 139 cm³/mol. The maximum atomic E-state index is 12.7. The van der Waals surface area contributed by atoms with Crippen molar-refractivity contribution in [2.75, 3.05) is 17.3 Å². The monoisotopic (exact) mass is 490 g/mol. The van der Waals surface area contributed by atoms with E-state index < -0.39 is 9.84 Å². The third-order valence-corrected chi connectivity index (χ3v) is 11.4. The second-order valence-electron chi connectivity index (χ2n) is 8.56. The maximum absolute atomic E-state index is 12.7. The lowest BCUT2D eigenvalue weighted by Gasteiger charge is -2.45. The van der Waals surface area contributed by atoms with Crippen molar-refractivity contribution in [2.24, 2.45) is 5.92 Å². The molecule has 1 fully saturated rings. The number of rotatable bonds is 10. The van der Waals surface area contributed by atoms with Gasteiger partial charge >= 0.3 is 0 Å². The fourth-order valence-electron chi connectivity index (χ4n) is 3.90. The van der Waals surface area contributed by atoms with E-state index in [1.807, 2.05) is 60.8 Å². The number of hydrogen-bond acceptors (Lipinski definition) is 5. The van der Waals surface area contributed by atoms with Crippen molar-refractivity contribution in [1.29, 1.82) is 0 Å². The number of hydrogen-bond donors (Lipinski definition) is 0. The van der Waals surface area contributed by atoms with Gasteiger partial charge in [0, 0.05) is 0 Å². The Labute approximate surface area is 202 Å². The van der Waals surface area contributed by atoms with Crippen LogP contribution in [0.1, 0.15) is 39.2 Å². The Balaban J connectivity index is 1.78. The van der Waals surface area contributed by atoms with Gasteiger partial charge in [0.2, 0.25) is 0 Å². The zero-order valence-corrected chi connectivity index (χ0v) is 21.6. The number of sulfone groups is 1. The summed E-state index contributed by atoms with van der Waals surface area (Å²) >= 11 is 4.03. The second kappa shape index (κ2) is 11.8. The van der Waals surface area contributed by atoms with Crippen LogP contribution in [0.3, 0.4) is 0 Å². The van der Waals surface area contributed by atoms with E-state index in [0.717, 1.165) is 29.1 Å². The highest BCUT2D eigenvalue weighted by atomic mass is 32.2. The van der Waals surface area contributed by atoms with E-state index in [4.69, 9.17) is 4.74 Å². The fourth-order valence-corrected chi connectivity index (χ4v) is 8.74. The molecule has 6 heteroatoms. The lowest BCUT2D eigenvalue weighted by atomic mass is 9.98. The molecule has 32 heavy (non-hydrogen) atoms. The largest absolute Gasteiger partial charge is 0.371 e. The summed E-state index contributed by atoms with van der Waals surface area (Å²) in [6, 6.07) is 19.0. The van der Waals surface area contributed by atoms with Crippen molar-refractivity contribution in [1.82, 2.24) is 0 Å². The number of thioether (sulfide) groups is 2. The molecule has 1 atom stereocenters. The smallest absolute Gasteiger partial charge is 0.181 e. The topological polar surface area (TPSA) is 43.4 Å². The van der Waals surface area contributed by atoms with Crippen molar-refractivity contribution >= 4 is 33.4 Å². The molecule has 0 aliphatic carbocycles. The van der Waals surface area contributed by atoms with E-state index in [1.54, 1.807) is 24.3 Å². The van der Waals surface area contributed by atoms with Crippen molar-refractivity contribution in [3.8, 4) is 0 Å². The molecular formula is C26H34O3S3. The summed E-state index contributed by atoms with van der Waals surface area (Å²) in [4.78, 5) is 0.373. The molecule has 2 aromatic carbocycles. The minimum Gasteiger partial charge on any atom is -0.371 e. The normalized spacial score (nSPS) is 17.9. The molecule has 0 radical (unpaired) electrons. The quantitative estimate of drug-likeness (QED) is 0.351. The summed E-state index contributed by atoms with van der Waals surface area (Å²) in [6.07, 6.45) is 3.83. The molecule has 174 valence electrons.